The predicted molar refractivity (Wildman–Crippen MR) is 66.9 cm³/mol. The van der Waals surface area contributed by atoms with Crippen molar-refractivity contribution in [3.63, 3.8) is 0 Å². The molecule has 2 unspecified atom stereocenters. The molecular formula is C14H21NO. The van der Waals surface area contributed by atoms with Gasteiger partial charge < -0.3 is 10.1 Å². The molecule has 1 aliphatic heterocycles. The van der Waals surface area contributed by atoms with Crippen LogP contribution in [-0.4, -0.2) is 13.2 Å². The van der Waals surface area contributed by atoms with E-state index < -0.39 is 0 Å². The molecule has 1 aliphatic rings. The molecule has 1 heterocycles. The highest BCUT2D eigenvalue weighted by atomic mass is 16.5. The summed E-state index contributed by atoms with van der Waals surface area (Å²) in [6.07, 6.45) is 1.08. The largest absolute Gasteiger partial charge is 0.493 e. The molecule has 1 aromatic rings. The summed E-state index contributed by atoms with van der Waals surface area (Å²) in [4.78, 5) is 0. The molecule has 0 saturated carbocycles. The Bertz CT molecular complexity index is 362. The fourth-order valence-electron chi connectivity index (χ4n) is 2.35. The van der Waals surface area contributed by atoms with Gasteiger partial charge in [-0.3, -0.25) is 0 Å². The van der Waals surface area contributed by atoms with Crippen LogP contribution in [0, 0.1) is 5.92 Å². The van der Waals surface area contributed by atoms with Gasteiger partial charge in [0.15, 0.2) is 0 Å². The predicted octanol–water partition coefficient (Wildman–Crippen LogP) is 2.93. The van der Waals surface area contributed by atoms with Gasteiger partial charge in [-0.25, -0.2) is 0 Å². The maximum absolute atomic E-state index is 5.77. The molecule has 0 bridgehead atoms. The highest BCUT2D eigenvalue weighted by Crippen LogP contribution is 2.35. The first kappa shape index (κ1) is 11.5. The van der Waals surface area contributed by atoms with Crippen LogP contribution in [0.4, 0.5) is 0 Å². The van der Waals surface area contributed by atoms with E-state index in [1.165, 1.54) is 11.1 Å². The van der Waals surface area contributed by atoms with Gasteiger partial charge >= 0.3 is 0 Å². The summed E-state index contributed by atoms with van der Waals surface area (Å²) in [6, 6.07) is 7.01. The molecule has 0 fully saturated rings. The SMILES string of the molecule is CCNC1c2cc(CC)ccc2OCC1C. The molecule has 0 spiro atoms. The van der Waals surface area contributed by atoms with Gasteiger partial charge in [-0.05, 0) is 24.6 Å². The van der Waals surface area contributed by atoms with Gasteiger partial charge in [0.25, 0.3) is 0 Å². The van der Waals surface area contributed by atoms with E-state index in [0.717, 1.165) is 25.3 Å². The van der Waals surface area contributed by atoms with E-state index in [9.17, 15) is 0 Å². The van der Waals surface area contributed by atoms with E-state index in [1.807, 2.05) is 0 Å². The second-order valence-corrected chi connectivity index (χ2v) is 4.55. The highest BCUT2D eigenvalue weighted by Gasteiger charge is 2.27. The zero-order chi connectivity index (χ0) is 11.5. The smallest absolute Gasteiger partial charge is 0.124 e. The molecule has 1 aromatic carbocycles. The van der Waals surface area contributed by atoms with Crippen molar-refractivity contribution in [1.29, 1.82) is 0 Å². The Morgan fingerprint density at radius 2 is 2.19 bits per heavy atom. The minimum absolute atomic E-state index is 0.445. The number of ether oxygens (including phenoxy) is 1. The Kier molecular flexibility index (Phi) is 3.49. The Hall–Kier alpha value is -1.02. The maximum atomic E-state index is 5.77. The summed E-state index contributed by atoms with van der Waals surface area (Å²) in [5, 5.41) is 3.56. The quantitative estimate of drug-likeness (QED) is 0.844. The van der Waals surface area contributed by atoms with Crippen molar-refractivity contribution in [3.8, 4) is 5.75 Å². The lowest BCUT2D eigenvalue weighted by Gasteiger charge is -2.32. The van der Waals surface area contributed by atoms with Crippen molar-refractivity contribution >= 4 is 0 Å². The second-order valence-electron chi connectivity index (χ2n) is 4.55. The normalized spacial score (nSPS) is 23.7. The van der Waals surface area contributed by atoms with E-state index in [2.05, 4.69) is 44.3 Å². The van der Waals surface area contributed by atoms with Crippen molar-refractivity contribution in [3.05, 3.63) is 29.3 Å². The first-order valence-corrected chi connectivity index (χ1v) is 6.25. The minimum Gasteiger partial charge on any atom is -0.493 e. The van der Waals surface area contributed by atoms with Crippen LogP contribution in [0.3, 0.4) is 0 Å². The van der Waals surface area contributed by atoms with Gasteiger partial charge in [0.2, 0.25) is 0 Å². The fraction of sp³-hybridized carbons (Fsp3) is 0.571. The third kappa shape index (κ3) is 2.07. The zero-order valence-corrected chi connectivity index (χ0v) is 10.4. The van der Waals surface area contributed by atoms with Gasteiger partial charge in [-0.1, -0.05) is 32.9 Å². The number of hydrogen-bond acceptors (Lipinski definition) is 2. The van der Waals surface area contributed by atoms with Crippen molar-refractivity contribution in [1.82, 2.24) is 5.32 Å². The standard InChI is InChI=1S/C14H21NO/c1-4-11-6-7-13-12(8-11)14(15-5-2)10(3)9-16-13/h6-8,10,14-15H,4-5,9H2,1-3H3. The van der Waals surface area contributed by atoms with Gasteiger partial charge in [0, 0.05) is 17.5 Å². The molecule has 0 amide bonds. The van der Waals surface area contributed by atoms with Crippen LogP contribution in [0.5, 0.6) is 5.75 Å². The topological polar surface area (TPSA) is 21.3 Å². The summed E-state index contributed by atoms with van der Waals surface area (Å²) in [5.41, 5.74) is 2.72. The van der Waals surface area contributed by atoms with Crippen LogP contribution >= 0.6 is 0 Å². The molecule has 0 radical (unpaired) electrons. The number of fused-ring (bicyclic) bond motifs is 1. The van der Waals surface area contributed by atoms with Gasteiger partial charge in [0.05, 0.1) is 6.61 Å². The molecule has 0 saturated heterocycles. The maximum Gasteiger partial charge on any atom is 0.124 e. The van der Waals surface area contributed by atoms with E-state index >= 15 is 0 Å². The van der Waals surface area contributed by atoms with E-state index in [0.29, 0.717) is 12.0 Å². The van der Waals surface area contributed by atoms with Gasteiger partial charge in [-0.2, -0.15) is 0 Å². The molecule has 2 rings (SSSR count). The van der Waals surface area contributed by atoms with Gasteiger partial charge in [-0.15, -0.1) is 0 Å². The Morgan fingerprint density at radius 3 is 2.88 bits per heavy atom. The second kappa shape index (κ2) is 4.88. The third-order valence-electron chi connectivity index (χ3n) is 3.31. The molecule has 1 N–H and O–H groups in total. The summed E-state index contributed by atoms with van der Waals surface area (Å²) in [5.74, 6) is 1.60. The Morgan fingerprint density at radius 1 is 1.38 bits per heavy atom. The van der Waals surface area contributed by atoms with Crippen molar-refractivity contribution in [2.45, 2.75) is 33.2 Å². The first-order valence-electron chi connectivity index (χ1n) is 6.25. The van der Waals surface area contributed by atoms with Crippen molar-refractivity contribution in [2.75, 3.05) is 13.2 Å². The highest BCUT2D eigenvalue weighted by molar-refractivity contribution is 5.41. The Labute approximate surface area is 98.0 Å². The summed E-state index contributed by atoms with van der Waals surface area (Å²) in [7, 11) is 0. The fourth-order valence-corrected chi connectivity index (χ4v) is 2.35. The number of hydrogen-bond donors (Lipinski definition) is 1. The monoisotopic (exact) mass is 219 g/mol. The summed E-state index contributed by atoms with van der Waals surface area (Å²) < 4.78 is 5.77. The lowest BCUT2D eigenvalue weighted by atomic mass is 9.90. The molecule has 2 nitrogen and oxygen atoms in total. The van der Waals surface area contributed by atoms with Crippen LogP contribution in [0.1, 0.15) is 37.9 Å². The molecule has 16 heavy (non-hydrogen) atoms. The van der Waals surface area contributed by atoms with E-state index in [1.54, 1.807) is 0 Å². The first-order chi connectivity index (χ1) is 7.76. The number of nitrogens with one attached hydrogen (secondary N) is 1. The Balaban J connectivity index is 2.35. The summed E-state index contributed by atoms with van der Waals surface area (Å²) >= 11 is 0. The van der Waals surface area contributed by atoms with Crippen molar-refractivity contribution < 1.29 is 4.74 Å². The van der Waals surface area contributed by atoms with Crippen LogP contribution in [0.25, 0.3) is 0 Å². The van der Waals surface area contributed by atoms with Crippen LogP contribution in [0.15, 0.2) is 18.2 Å². The lowest BCUT2D eigenvalue weighted by Crippen LogP contribution is -2.33. The molecule has 2 heteroatoms. The van der Waals surface area contributed by atoms with Crippen molar-refractivity contribution in [2.24, 2.45) is 5.92 Å². The summed E-state index contributed by atoms with van der Waals surface area (Å²) in [6.45, 7) is 8.42. The van der Waals surface area contributed by atoms with E-state index in [4.69, 9.17) is 4.74 Å². The van der Waals surface area contributed by atoms with Crippen LogP contribution in [-0.2, 0) is 6.42 Å². The van der Waals surface area contributed by atoms with Crippen LogP contribution in [0.2, 0.25) is 0 Å². The minimum atomic E-state index is 0.445. The molecule has 0 aliphatic carbocycles. The van der Waals surface area contributed by atoms with Gasteiger partial charge in [0.1, 0.15) is 5.75 Å². The molecular weight excluding hydrogens is 198 g/mol. The molecule has 0 aromatic heterocycles. The molecule has 88 valence electrons. The lowest BCUT2D eigenvalue weighted by molar-refractivity contribution is 0.190. The number of rotatable bonds is 3. The average Bonchev–Trinajstić information content (AvgIpc) is 2.32. The third-order valence-corrected chi connectivity index (χ3v) is 3.31. The zero-order valence-electron chi connectivity index (χ0n) is 10.4. The molecule has 2 atom stereocenters. The van der Waals surface area contributed by atoms with E-state index in [-0.39, 0.29) is 0 Å². The number of aryl methyl sites for hydroxylation is 1. The number of benzene rings is 1. The van der Waals surface area contributed by atoms with Crippen LogP contribution < -0.4 is 10.1 Å². The average molecular weight is 219 g/mol.